The summed E-state index contributed by atoms with van der Waals surface area (Å²) in [5.74, 6) is -0.387. The Labute approximate surface area is 141 Å². The third-order valence-corrected chi connectivity index (χ3v) is 3.15. The third-order valence-electron chi connectivity index (χ3n) is 3.15. The van der Waals surface area contributed by atoms with E-state index in [1.165, 1.54) is 43.5 Å². The molecule has 0 saturated carbocycles. The number of esters is 1. The maximum atomic E-state index is 12.5. The SMILES string of the molecule is COc1cc(C#N)ccc1OC(=O)/C=C/c1ccc(C(F)(F)F)cc1. The Bertz CT molecular complexity index is 834. The van der Waals surface area contributed by atoms with Gasteiger partial charge in [-0.1, -0.05) is 12.1 Å². The van der Waals surface area contributed by atoms with Crippen LogP contribution in [-0.4, -0.2) is 13.1 Å². The molecular formula is C18H12F3NO3. The summed E-state index contributed by atoms with van der Waals surface area (Å²) in [5, 5.41) is 8.82. The Balaban J connectivity index is 2.07. The van der Waals surface area contributed by atoms with Gasteiger partial charge in [-0.05, 0) is 35.9 Å². The zero-order chi connectivity index (χ0) is 18.4. The normalized spacial score (nSPS) is 11.2. The average Bonchev–Trinajstić information content (AvgIpc) is 2.60. The first-order valence-corrected chi connectivity index (χ1v) is 6.99. The van der Waals surface area contributed by atoms with Gasteiger partial charge in [0.05, 0.1) is 24.3 Å². The summed E-state index contributed by atoms with van der Waals surface area (Å²) in [5.41, 5.74) is -0.0109. The van der Waals surface area contributed by atoms with E-state index in [0.29, 0.717) is 11.1 Å². The van der Waals surface area contributed by atoms with Gasteiger partial charge in [0.25, 0.3) is 0 Å². The zero-order valence-electron chi connectivity index (χ0n) is 13.0. The number of nitriles is 1. The van der Waals surface area contributed by atoms with E-state index in [0.717, 1.165) is 18.2 Å². The van der Waals surface area contributed by atoms with E-state index in [-0.39, 0.29) is 11.5 Å². The van der Waals surface area contributed by atoms with Crippen LogP contribution in [0.1, 0.15) is 16.7 Å². The highest BCUT2D eigenvalue weighted by Crippen LogP contribution is 2.29. The van der Waals surface area contributed by atoms with Crippen LogP contribution in [0.3, 0.4) is 0 Å². The first kappa shape index (κ1) is 18.1. The molecule has 0 aliphatic carbocycles. The first-order valence-electron chi connectivity index (χ1n) is 6.99. The molecule has 2 aromatic rings. The van der Waals surface area contributed by atoms with Crippen LogP contribution in [0.4, 0.5) is 13.2 Å². The summed E-state index contributed by atoms with van der Waals surface area (Å²) in [6.07, 6.45) is -1.99. The maximum Gasteiger partial charge on any atom is 0.416 e. The standard InChI is InChI=1S/C18H12F3NO3/c1-24-16-10-13(11-22)4-8-15(16)25-17(23)9-5-12-2-6-14(7-3-12)18(19,20)21/h2-10H,1H3/b9-5+. The van der Waals surface area contributed by atoms with Crippen molar-refractivity contribution >= 4 is 12.0 Å². The summed E-state index contributed by atoms with van der Waals surface area (Å²) in [6, 6.07) is 10.6. The number of hydrogen-bond donors (Lipinski definition) is 0. The molecule has 2 rings (SSSR count). The van der Waals surface area contributed by atoms with Gasteiger partial charge in [0.1, 0.15) is 0 Å². The number of nitrogens with zero attached hydrogens (tertiary/aromatic N) is 1. The molecule has 0 fully saturated rings. The van der Waals surface area contributed by atoms with Gasteiger partial charge in [-0.15, -0.1) is 0 Å². The second-order valence-corrected chi connectivity index (χ2v) is 4.85. The molecule has 0 saturated heterocycles. The van der Waals surface area contributed by atoms with Gasteiger partial charge in [0, 0.05) is 12.1 Å². The van der Waals surface area contributed by atoms with Crippen LogP contribution in [0.5, 0.6) is 11.5 Å². The lowest BCUT2D eigenvalue weighted by atomic mass is 10.1. The van der Waals surface area contributed by atoms with E-state index in [2.05, 4.69) is 0 Å². The van der Waals surface area contributed by atoms with Gasteiger partial charge in [-0.3, -0.25) is 0 Å². The van der Waals surface area contributed by atoms with Crippen molar-refractivity contribution in [3.8, 4) is 17.6 Å². The molecule has 0 N–H and O–H groups in total. The molecule has 2 aromatic carbocycles. The fourth-order valence-corrected chi connectivity index (χ4v) is 1.91. The van der Waals surface area contributed by atoms with Crippen molar-refractivity contribution in [2.45, 2.75) is 6.18 Å². The van der Waals surface area contributed by atoms with E-state index < -0.39 is 17.7 Å². The molecule has 128 valence electrons. The lowest BCUT2D eigenvalue weighted by Gasteiger charge is -2.08. The van der Waals surface area contributed by atoms with Gasteiger partial charge in [0.15, 0.2) is 11.5 Å². The quantitative estimate of drug-likeness (QED) is 0.472. The number of carbonyl (C=O) groups is 1. The minimum Gasteiger partial charge on any atom is -0.493 e. The van der Waals surface area contributed by atoms with Crippen molar-refractivity contribution in [1.29, 1.82) is 5.26 Å². The summed E-state index contributed by atoms with van der Waals surface area (Å²) in [4.78, 5) is 11.8. The van der Waals surface area contributed by atoms with E-state index in [1.54, 1.807) is 0 Å². The summed E-state index contributed by atoms with van der Waals surface area (Å²) < 4.78 is 47.6. The zero-order valence-corrected chi connectivity index (χ0v) is 13.0. The molecule has 7 heteroatoms. The fourth-order valence-electron chi connectivity index (χ4n) is 1.91. The number of hydrogen-bond acceptors (Lipinski definition) is 4. The Hall–Kier alpha value is -3.27. The molecule has 0 aliphatic rings. The largest absolute Gasteiger partial charge is 0.493 e. The molecule has 4 nitrogen and oxygen atoms in total. The minimum absolute atomic E-state index is 0.128. The van der Waals surface area contributed by atoms with Crippen molar-refractivity contribution in [2.24, 2.45) is 0 Å². The van der Waals surface area contributed by atoms with Crippen molar-refractivity contribution in [1.82, 2.24) is 0 Å². The highest BCUT2D eigenvalue weighted by molar-refractivity contribution is 5.89. The van der Waals surface area contributed by atoms with Crippen molar-refractivity contribution in [2.75, 3.05) is 7.11 Å². The molecule has 0 unspecified atom stereocenters. The molecule has 0 radical (unpaired) electrons. The van der Waals surface area contributed by atoms with Crippen LogP contribution in [0, 0.1) is 11.3 Å². The molecule has 0 aromatic heterocycles. The Morgan fingerprint density at radius 3 is 2.36 bits per heavy atom. The topological polar surface area (TPSA) is 59.3 Å². The van der Waals surface area contributed by atoms with Gasteiger partial charge >= 0.3 is 12.1 Å². The van der Waals surface area contributed by atoms with Crippen LogP contribution in [0.2, 0.25) is 0 Å². The molecule has 25 heavy (non-hydrogen) atoms. The van der Waals surface area contributed by atoms with E-state index >= 15 is 0 Å². The second kappa shape index (κ2) is 7.53. The second-order valence-electron chi connectivity index (χ2n) is 4.85. The van der Waals surface area contributed by atoms with E-state index in [4.69, 9.17) is 14.7 Å². The Kier molecular flexibility index (Phi) is 5.45. The van der Waals surface area contributed by atoms with Crippen LogP contribution in [0.25, 0.3) is 6.08 Å². The predicted molar refractivity (Wildman–Crippen MR) is 83.8 cm³/mol. The number of alkyl halides is 3. The molecule has 0 aliphatic heterocycles. The number of ether oxygens (including phenoxy) is 2. The number of halogens is 3. The summed E-state index contributed by atoms with van der Waals surface area (Å²) >= 11 is 0. The molecule has 0 atom stereocenters. The van der Waals surface area contributed by atoms with Crippen molar-refractivity contribution in [3.05, 3.63) is 65.2 Å². The predicted octanol–water partition coefficient (Wildman–Crippen LogP) is 4.20. The highest BCUT2D eigenvalue weighted by Gasteiger charge is 2.29. The molecular weight excluding hydrogens is 335 g/mol. The molecule has 0 heterocycles. The fraction of sp³-hybridized carbons (Fsp3) is 0.111. The van der Waals surface area contributed by atoms with Crippen LogP contribution in [0.15, 0.2) is 48.5 Å². The van der Waals surface area contributed by atoms with Crippen LogP contribution >= 0.6 is 0 Å². The summed E-state index contributed by atoms with van der Waals surface area (Å²) in [7, 11) is 1.37. The van der Waals surface area contributed by atoms with Gasteiger partial charge in [-0.2, -0.15) is 18.4 Å². The number of rotatable bonds is 4. The Morgan fingerprint density at radius 2 is 1.80 bits per heavy atom. The summed E-state index contributed by atoms with van der Waals surface area (Å²) in [6.45, 7) is 0. The van der Waals surface area contributed by atoms with E-state index in [1.807, 2.05) is 6.07 Å². The number of methoxy groups -OCH3 is 1. The van der Waals surface area contributed by atoms with E-state index in [9.17, 15) is 18.0 Å². The minimum atomic E-state index is -4.41. The lowest BCUT2D eigenvalue weighted by Crippen LogP contribution is -2.05. The average molecular weight is 347 g/mol. The maximum absolute atomic E-state index is 12.5. The molecule has 0 amide bonds. The molecule has 0 bridgehead atoms. The number of carbonyl (C=O) groups excluding carboxylic acids is 1. The number of benzene rings is 2. The van der Waals surface area contributed by atoms with Gasteiger partial charge in [0.2, 0.25) is 0 Å². The van der Waals surface area contributed by atoms with Crippen molar-refractivity contribution in [3.63, 3.8) is 0 Å². The van der Waals surface area contributed by atoms with Gasteiger partial charge in [-0.25, -0.2) is 4.79 Å². The highest BCUT2D eigenvalue weighted by atomic mass is 19.4. The Morgan fingerprint density at radius 1 is 1.12 bits per heavy atom. The monoisotopic (exact) mass is 347 g/mol. The van der Waals surface area contributed by atoms with Crippen LogP contribution in [-0.2, 0) is 11.0 Å². The van der Waals surface area contributed by atoms with Crippen LogP contribution < -0.4 is 9.47 Å². The molecule has 0 spiro atoms. The van der Waals surface area contributed by atoms with Crippen molar-refractivity contribution < 1.29 is 27.4 Å². The third kappa shape index (κ3) is 4.85. The lowest BCUT2D eigenvalue weighted by molar-refractivity contribution is -0.137. The van der Waals surface area contributed by atoms with Gasteiger partial charge < -0.3 is 9.47 Å². The first-order chi connectivity index (χ1) is 11.8. The smallest absolute Gasteiger partial charge is 0.416 e.